The van der Waals surface area contributed by atoms with E-state index < -0.39 is 6.09 Å². The molecule has 1 heterocycles. The fourth-order valence-electron chi connectivity index (χ4n) is 2.89. The number of aryl methyl sites for hydroxylation is 1. The van der Waals surface area contributed by atoms with Crippen LogP contribution in [0.15, 0.2) is 53.3 Å². The minimum Gasteiger partial charge on any atom is -0.450 e. The average Bonchev–Trinajstić information content (AvgIpc) is 2.94. The van der Waals surface area contributed by atoms with Crippen molar-refractivity contribution in [1.82, 2.24) is 9.78 Å². The predicted molar refractivity (Wildman–Crippen MR) is 110 cm³/mol. The number of hydrogen-bond acceptors (Lipinski definition) is 3. The Hall–Kier alpha value is -2.99. The molecule has 0 saturated heterocycles. The second-order valence-electron chi connectivity index (χ2n) is 6.45. The summed E-state index contributed by atoms with van der Waals surface area (Å²) in [6.07, 6.45) is -0.219. The third-order valence-electron chi connectivity index (χ3n) is 4.36. The molecule has 0 radical (unpaired) electrons. The zero-order valence-electron chi connectivity index (χ0n) is 15.8. The lowest BCUT2D eigenvalue weighted by Gasteiger charge is -2.06. The van der Waals surface area contributed by atoms with Crippen LogP contribution in [0, 0.1) is 6.92 Å². The Morgan fingerprint density at radius 1 is 1.18 bits per heavy atom. The quantitative estimate of drug-likeness (QED) is 0.647. The number of halogens is 1. The van der Waals surface area contributed by atoms with E-state index in [1.807, 2.05) is 55.5 Å². The number of rotatable bonds is 6. The minimum absolute atomic E-state index is 0.202. The van der Waals surface area contributed by atoms with Gasteiger partial charge in [-0.15, -0.1) is 0 Å². The Kier molecular flexibility index (Phi) is 6.21. The molecule has 3 aromatic rings. The van der Waals surface area contributed by atoms with Crippen molar-refractivity contribution in [3.63, 3.8) is 0 Å². The zero-order valence-corrected chi connectivity index (χ0v) is 16.5. The molecule has 146 valence electrons. The van der Waals surface area contributed by atoms with Crippen LogP contribution in [0.4, 0.5) is 10.6 Å². The number of aromatic amines is 1. The maximum Gasteiger partial charge on any atom is 0.412 e. The first kappa shape index (κ1) is 19.8. The number of H-pyrrole nitrogens is 1. The van der Waals surface area contributed by atoms with Crippen LogP contribution in [0.5, 0.6) is 0 Å². The summed E-state index contributed by atoms with van der Waals surface area (Å²) in [6, 6.07) is 15.3. The highest BCUT2D eigenvalue weighted by Crippen LogP contribution is 2.19. The summed E-state index contributed by atoms with van der Waals surface area (Å²) in [5.41, 5.74) is 3.09. The van der Waals surface area contributed by atoms with E-state index in [0.717, 1.165) is 16.7 Å². The van der Waals surface area contributed by atoms with Crippen LogP contribution in [0.2, 0.25) is 5.02 Å². The summed E-state index contributed by atoms with van der Waals surface area (Å²) in [4.78, 5) is 24.9. The molecule has 0 aliphatic carbocycles. The van der Waals surface area contributed by atoms with Gasteiger partial charge in [-0.05, 0) is 36.6 Å². The molecular weight excluding hydrogens is 378 g/mol. The lowest BCUT2D eigenvalue weighted by molar-refractivity contribution is 0.167. The summed E-state index contributed by atoms with van der Waals surface area (Å²) in [5, 5.41) is 6.27. The van der Waals surface area contributed by atoms with Gasteiger partial charge in [-0.2, -0.15) is 0 Å². The smallest absolute Gasteiger partial charge is 0.412 e. The van der Waals surface area contributed by atoms with Gasteiger partial charge in [0.15, 0.2) is 0 Å². The van der Waals surface area contributed by atoms with E-state index in [0.29, 0.717) is 29.4 Å². The van der Waals surface area contributed by atoms with Crippen LogP contribution in [0.3, 0.4) is 0 Å². The van der Waals surface area contributed by atoms with E-state index in [4.69, 9.17) is 16.3 Å². The van der Waals surface area contributed by atoms with Gasteiger partial charge in [-0.25, -0.2) is 9.48 Å². The Balaban J connectivity index is 1.95. The molecule has 0 aliphatic rings. The van der Waals surface area contributed by atoms with E-state index in [9.17, 15) is 9.59 Å². The van der Waals surface area contributed by atoms with Gasteiger partial charge < -0.3 is 4.74 Å². The SMILES string of the molecule is CCOC(=O)Nc1[nH]n(Cc2ccc(C)c(Cl)c2)c(=O)c1Cc1ccccc1. The first-order valence-corrected chi connectivity index (χ1v) is 9.40. The number of nitrogens with zero attached hydrogens (tertiary/aromatic N) is 1. The number of nitrogens with one attached hydrogen (secondary N) is 2. The van der Waals surface area contributed by atoms with E-state index in [1.165, 1.54) is 4.68 Å². The molecule has 7 heteroatoms. The second kappa shape index (κ2) is 8.80. The molecule has 3 rings (SSSR count). The van der Waals surface area contributed by atoms with Crippen molar-refractivity contribution < 1.29 is 9.53 Å². The van der Waals surface area contributed by atoms with Gasteiger partial charge in [0.1, 0.15) is 5.82 Å². The molecular formula is C21H22ClN3O3. The van der Waals surface area contributed by atoms with E-state index in [2.05, 4.69) is 10.4 Å². The molecule has 1 aromatic heterocycles. The maximum absolute atomic E-state index is 13.0. The number of benzene rings is 2. The highest BCUT2D eigenvalue weighted by molar-refractivity contribution is 6.31. The van der Waals surface area contributed by atoms with Gasteiger partial charge in [0.25, 0.3) is 5.56 Å². The van der Waals surface area contributed by atoms with Crippen LogP contribution in [-0.4, -0.2) is 22.5 Å². The molecule has 0 spiro atoms. The topological polar surface area (TPSA) is 76.1 Å². The minimum atomic E-state index is -0.608. The molecule has 28 heavy (non-hydrogen) atoms. The van der Waals surface area contributed by atoms with Crippen molar-refractivity contribution in [3.05, 3.63) is 86.2 Å². The molecule has 6 nitrogen and oxygen atoms in total. The van der Waals surface area contributed by atoms with Crippen molar-refractivity contribution in [2.45, 2.75) is 26.8 Å². The van der Waals surface area contributed by atoms with Crippen LogP contribution in [0.25, 0.3) is 0 Å². The van der Waals surface area contributed by atoms with Gasteiger partial charge in [-0.1, -0.05) is 54.1 Å². The fraction of sp³-hybridized carbons (Fsp3) is 0.238. The van der Waals surface area contributed by atoms with Crippen LogP contribution in [0.1, 0.15) is 29.2 Å². The number of carbonyl (C=O) groups excluding carboxylic acids is 1. The van der Waals surface area contributed by atoms with Crippen molar-refractivity contribution in [2.24, 2.45) is 0 Å². The Morgan fingerprint density at radius 2 is 1.93 bits per heavy atom. The molecule has 0 fully saturated rings. The molecule has 0 bridgehead atoms. The molecule has 1 amide bonds. The molecule has 0 saturated carbocycles. The summed E-state index contributed by atoms with van der Waals surface area (Å²) in [6.45, 7) is 4.20. The Bertz CT molecular complexity index is 1030. The summed E-state index contributed by atoms with van der Waals surface area (Å²) >= 11 is 6.20. The Labute approximate surface area is 168 Å². The molecule has 0 unspecified atom stereocenters. The van der Waals surface area contributed by atoms with Gasteiger partial charge in [0.2, 0.25) is 0 Å². The van der Waals surface area contributed by atoms with E-state index in [-0.39, 0.29) is 12.2 Å². The lowest BCUT2D eigenvalue weighted by atomic mass is 10.1. The third-order valence-corrected chi connectivity index (χ3v) is 4.76. The number of anilines is 1. The highest BCUT2D eigenvalue weighted by atomic mass is 35.5. The molecule has 2 N–H and O–H groups in total. The van der Waals surface area contributed by atoms with Crippen LogP contribution < -0.4 is 10.9 Å². The highest BCUT2D eigenvalue weighted by Gasteiger charge is 2.17. The normalized spacial score (nSPS) is 10.7. The van der Waals surface area contributed by atoms with Gasteiger partial charge in [0, 0.05) is 11.4 Å². The fourth-order valence-corrected chi connectivity index (χ4v) is 3.09. The predicted octanol–water partition coefficient (Wildman–Crippen LogP) is 4.35. The lowest BCUT2D eigenvalue weighted by Crippen LogP contribution is -2.20. The molecule has 0 aliphatic heterocycles. The zero-order chi connectivity index (χ0) is 20.1. The maximum atomic E-state index is 13.0. The van der Waals surface area contributed by atoms with E-state index >= 15 is 0 Å². The number of ether oxygens (including phenoxy) is 1. The number of aromatic nitrogens is 2. The van der Waals surface area contributed by atoms with E-state index in [1.54, 1.807) is 6.92 Å². The second-order valence-corrected chi connectivity index (χ2v) is 6.86. The van der Waals surface area contributed by atoms with Crippen molar-refractivity contribution in [1.29, 1.82) is 0 Å². The first-order valence-electron chi connectivity index (χ1n) is 9.02. The molecule has 0 atom stereocenters. The Morgan fingerprint density at radius 3 is 2.61 bits per heavy atom. The van der Waals surface area contributed by atoms with Gasteiger partial charge >= 0.3 is 6.09 Å². The number of hydrogen-bond donors (Lipinski definition) is 2. The van der Waals surface area contributed by atoms with Crippen molar-refractivity contribution in [2.75, 3.05) is 11.9 Å². The monoisotopic (exact) mass is 399 g/mol. The number of carbonyl (C=O) groups is 1. The molecule has 2 aromatic carbocycles. The number of amides is 1. The largest absolute Gasteiger partial charge is 0.450 e. The summed E-state index contributed by atoms with van der Waals surface area (Å²) in [5.74, 6) is 0.338. The first-order chi connectivity index (χ1) is 13.5. The van der Waals surface area contributed by atoms with Crippen LogP contribution >= 0.6 is 11.6 Å². The van der Waals surface area contributed by atoms with Crippen molar-refractivity contribution in [3.8, 4) is 0 Å². The summed E-state index contributed by atoms with van der Waals surface area (Å²) < 4.78 is 6.41. The summed E-state index contributed by atoms with van der Waals surface area (Å²) in [7, 11) is 0. The third kappa shape index (κ3) is 4.64. The average molecular weight is 400 g/mol. The van der Waals surface area contributed by atoms with Gasteiger partial charge in [-0.3, -0.25) is 15.2 Å². The van der Waals surface area contributed by atoms with Crippen LogP contribution in [-0.2, 0) is 17.7 Å². The van der Waals surface area contributed by atoms with Crippen molar-refractivity contribution >= 4 is 23.5 Å². The standard InChI is InChI=1S/C21H22ClN3O3/c1-3-28-21(27)23-19-17(11-15-7-5-4-6-8-15)20(26)25(24-19)13-16-10-9-14(2)18(22)12-16/h4-10,12,24H,3,11,13H2,1-2H3,(H,23,27). The van der Waals surface area contributed by atoms with Gasteiger partial charge in [0.05, 0.1) is 18.7 Å².